The summed E-state index contributed by atoms with van der Waals surface area (Å²) in [5, 5.41) is 4.05. The zero-order valence-electron chi connectivity index (χ0n) is 9.74. The Morgan fingerprint density at radius 1 is 1.00 bits per heavy atom. The van der Waals surface area contributed by atoms with Crippen molar-refractivity contribution in [2.24, 2.45) is 0 Å². The molecular weight excluding hydrogens is 307 g/mol. The maximum Gasteiger partial charge on any atom is 0.211 e. The van der Waals surface area contributed by atoms with Gasteiger partial charge in [0.2, 0.25) is 6.41 Å². The number of hydrogen-bond donors (Lipinski definition) is 2. The van der Waals surface area contributed by atoms with Crippen molar-refractivity contribution < 1.29 is 4.79 Å². The van der Waals surface area contributed by atoms with Crippen molar-refractivity contribution in [2.45, 2.75) is 0 Å². The van der Waals surface area contributed by atoms with Crippen LogP contribution in [0.4, 0.5) is 11.4 Å². The lowest BCUT2D eigenvalue weighted by atomic mass is 10.3. The van der Waals surface area contributed by atoms with Crippen molar-refractivity contribution in [3.63, 3.8) is 0 Å². The lowest BCUT2D eigenvalue weighted by Gasteiger charge is -2.00. The van der Waals surface area contributed by atoms with Crippen molar-refractivity contribution in [2.75, 3.05) is 11.1 Å². The minimum atomic E-state index is 0.474. The zero-order chi connectivity index (χ0) is 14.3. The number of rotatable bonds is 2. The molecule has 0 aliphatic rings. The van der Waals surface area contributed by atoms with E-state index in [1.165, 1.54) is 0 Å². The molecule has 0 atom stereocenters. The summed E-state index contributed by atoms with van der Waals surface area (Å²) in [6, 6.07) is 12.1. The van der Waals surface area contributed by atoms with Gasteiger partial charge in [-0.25, -0.2) is 0 Å². The van der Waals surface area contributed by atoms with Gasteiger partial charge in [0.05, 0.1) is 21.4 Å². The number of nitrogens with two attached hydrogens (primary N) is 1. The molecule has 0 aromatic heterocycles. The largest absolute Gasteiger partial charge is 0.398 e. The first-order valence-corrected chi connectivity index (χ1v) is 6.33. The highest BCUT2D eigenvalue weighted by Gasteiger charge is 1.98. The minimum absolute atomic E-state index is 0.474. The number of amides is 1. The summed E-state index contributed by atoms with van der Waals surface area (Å²) in [6.07, 6.45) is 0.553. The van der Waals surface area contributed by atoms with E-state index in [2.05, 4.69) is 5.32 Å². The average Bonchev–Trinajstić information content (AvgIpc) is 2.39. The van der Waals surface area contributed by atoms with E-state index in [9.17, 15) is 4.79 Å². The fourth-order valence-electron chi connectivity index (χ4n) is 1.15. The molecule has 6 heteroatoms. The molecule has 0 spiro atoms. The number of anilines is 2. The van der Waals surface area contributed by atoms with E-state index in [4.69, 9.17) is 40.5 Å². The summed E-state index contributed by atoms with van der Waals surface area (Å²) in [6.45, 7) is 0. The van der Waals surface area contributed by atoms with Crippen LogP contribution < -0.4 is 11.1 Å². The van der Waals surface area contributed by atoms with Crippen molar-refractivity contribution in [1.82, 2.24) is 0 Å². The lowest BCUT2D eigenvalue weighted by molar-refractivity contribution is -0.105. The number of nitrogens with one attached hydrogen (secondary N) is 1. The maximum atomic E-state index is 10.0. The molecule has 0 aliphatic carbocycles. The molecule has 100 valence electrons. The second-order valence-corrected chi connectivity index (χ2v) is 4.66. The van der Waals surface area contributed by atoms with E-state index in [0.29, 0.717) is 32.9 Å². The molecule has 0 saturated heterocycles. The van der Waals surface area contributed by atoms with Gasteiger partial charge in [0, 0.05) is 5.02 Å². The van der Waals surface area contributed by atoms with Crippen molar-refractivity contribution in [3.8, 4) is 0 Å². The van der Waals surface area contributed by atoms with Crippen LogP contribution in [-0.4, -0.2) is 6.41 Å². The molecule has 0 radical (unpaired) electrons. The van der Waals surface area contributed by atoms with E-state index in [1.807, 2.05) is 12.1 Å². The van der Waals surface area contributed by atoms with Gasteiger partial charge in [0.15, 0.2) is 0 Å². The first-order chi connectivity index (χ1) is 9.04. The molecule has 0 unspecified atom stereocenters. The Hall–Kier alpha value is -1.42. The first kappa shape index (κ1) is 15.6. The van der Waals surface area contributed by atoms with Crippen LogP contribution in [0.3, 0.4) is 0 Å². The second-order valence-electron chi connectivity index (χ2n) is 3.41. The van der Waals surface area contributed by atoms with Gasteiger partial charge < -0.3 is 11.1 Å². The average molecular weight is 318 g/mol. The molecule has 2 aromatic carbocycles. The second kappa shape index (κ2) is 7.89. The Bertz CT molecular complexity index is 540. The molecule has 0 fully saturated rings. The third kappa shape index (κ3) is 5.39. The molecule has 0 aliphatic heterocycles. The van der Waals surface area contributed by atoms with E-state index in [-0.39, 0.29) is 0 Å². The van der Waals surface area contributed by atoms with Crippen LogP contribution in [0.15, 0.2) is 42.5 Å². The highest BCUT2D eigenvalue weighted by atomic mass is 35.5. The quantitative estimate of drug-likeness (QED) is 0.633. The van der Waals surface area contributed by atoms with Gasteiger partial charge in [-0.2, -0.15) is 0 Å². The Balaban J connectivity index is 0.000000200. The number of hydrogen-bond acceptors (Lipinski definition) is 2. The molecule has 2 rings (SSSR count). The number of carbonyl (C=O) groups is 1. The predicted octanol–water partition coefficient (Wildman–Crippen LogP) is 4.48. The van der Waals surface area contributed by atoms with Gasteiger partial charge in [0.25, 0.3) is 0 Å². The molecular formula is C13H11Cl3N2O. The smallest absolute Gasteiger partial charge is 0.211 e. The molecule has 0 bridgehead atoms. The standard InChI is InChI=1S/C7H5Cl2NO.C6H6ClN/c8-5-1-2-6(9)7(3-5)10-4-11;7-5-3-1-2-4-6(5)8/h1-4H,(H,10,11);1-4H,8H2. The minimum Gasteiger partial charge on any atom is -0.398 e. The van der Waals surface area contributed by atoms with Crippen LogP contribution in [0.1, 0.15) is 0 Å². The Labute approximate surface area is 126 Å². The van der Waals surface area contributed by atoms with E-state index >= 15 is 0 Å². The van der Waals surface area contributed by atoms with Gasteiger partial charge in [-0.15, -0.1) is 0 Å². The predicted molar refractivity (Wildman–Crippen MR) is 82.0 cm³/mol. The fourth-order valence-corrected chi connectivity index (χ4v) is 1.63. The number of halogens is 3. The monoisotopic (exact) mass is 316 g/mol. The van der Waals surface area contributed by atoms with Gasteiger partial charge in [0.1, 0.15) is 0 Å². The third-order valence-electron chi connectivity index (χ3n) is 2.05. The third-order valence-corrected chi connectivity index (χ3v) is 2.96. The van der Waals surface area contributed by atoms with Crippen LogP contribution in [0, 0.1) is 0 Å². The molecule has 19 heavy (non-hydrogen) atoms. The zero-order valence-corrected chi connectivity index (χ0v) is 12.0. The van der Waals surface area contributed by atoms with Gasteiger partial charge >= 0.3 is 0 Å². The number of para-hydroxylation sites is 1. The topological polar surface area (TPSA) is 55.1 Å². The summed E-state index contributed by atoms with van der Waals surface area (Å²) >= 11 is 16.9. The molecule has 1 amide bonds. The summed E-state index contributed by atoms with van der Waals surface area (Å²) < 4.78 is 0. The maximum absolute atomic E-state index is 10.0. The van der Waals surface area contributed by atoms with Crippen LogP contribution in [0.25, 0.3) is 0 Å². The van der Waals surface area contributed by atoms with Crippen molar-refractivity contribution in [1.29, 1.82) is 0 Å². The van der Waals surface area contributed by atoms with Crippen LogP contribution >= 0.6 is 34.8 Å². The summed E-state index contributed by atoms with van der Waals surface area (Å²) in [5.41, 5.74) is 6.54. The summed E-state index contributed by atoms with van der Waals surface area (Å²) in [5.74, 6) is 0. The normalized spacial score (nSPS) is 9.21. The lowest BCUT2D eigenvalue weighted by Crippen LogP contribution is -1.93. The molecule has 0 saturated carbocycles. The Kier molecular flexibility index (Phi) is 6.50. The number of carbonyl (C=O) groups excluding carboxylic acids is 1. The SMILES string of the molecule is Nc1ccccc1Cl.O=CNc1cc(Cl)ccc1Cl. The first-order valence-electron chi connectivity index (χ1n) is 5.20. The van der Waals surface area contributed by atoms with Crippen LogP contribution in [0.5, 0.6) is 0 Å². The fraction of sp³-hybridized carbons (Fsp3) is 0. The Morgan fingerprint density at radius 2 is 1.68 bits per heavy atom. The van der Waals surface area contributed by atoms with Crippen LogP contribution in [-0.2, 0) is 4.79 Å². The summed E-state index contributed by atoms with van der Waals surface area (Å²) in [7, 11) is 0. The van der Waals surface area contributed by atoms with Gasteiger partial charge in [-0.1, -0.05) is 46.9 Å². The number of nitrogen functional groups attached to an aromatic ring is 1. The van der Waals surface area contributed by atoms with E-state index < -0.39 is 0 Å². The highest BCUT2D eigenvalue weighted by Crippen LogP contribution is 2.24. The Morgan fingerprint density at radius 3 is 2.21 bits per heavy atom. The van der Waals surface area contributed by atoms with Crippen molar-refractivity contribution >= 4 is 52.6 Å². The van der Waals surface area contributed by atoms with E-state index in [0.717, 1.165) is 0 Å². The molecule has 0 heterocycles. The van der Waals surface area contributed by atoms with Gasteiger partial charge in [-0.05, 0) is 30.3 Å². The van der Waals surface area contributed by atoms with E-state index in [1.54, 1.807) is 30.3 Å². The molecule has 3 N–H and O–H groups in total. The summed E-state index contributed by atoms with van der Waals surface area (Å²) in [4.78, 5) is 10.0. The molecule has 2 aromatic rings. The number of benzene rings is 2. The van der Waals surface area contributed by atoms with Crippen molar-refractivity contribution in [3.05, 3.63) is 57.5 Å². The van der Waals surface area contributed by atoms with Gasteiger partial charge in [-0.3, -0.25) is 4.79 Å². The molecule has 3 nitrogen and oxygen atoms in total. The van der Waals surface area contributed by atoms with Crippen LogP contribution in [0.2, 0.25) is 15.1 Å². The highest BCUT2D eigenvalue weighted by molar-refractivity contribution is 6.35.